The van der Waals surface area contributed by atoms with Crippen molar-refractivity contribution in [3.63, 3.8) is 0 Å². The average Bonchev–Trinajstić information content (AvgIpc) is 1.99. The van der Waals surface area contributed by atoms with Crippen LogP contribution < -0.4 is 0 Å². The van der Waals surface area contributed by atoms with Gasteiger partial charge in [-0.3, -0.25) is 19.3 Å². The molecular formula is C7H11NNa4O6. The Morgan fingerprint density at radius 1 is 0.889 bits per heavy atom. The molecule has 0 aliphatic carbocycles. The Hall–Kier alpha value is 2.37. The molecule has 0 aliphatic rings. The summed E-state index contributed by atoms with van der Waals surface area (Å²) < 4.78 is 0. The molecule has 0 aromatic heterocycles. The van der Waals surface area contributed by atoms with E-state index in [1.54, 1.807) is 0 Å². The number of hydrogen-bond donors (Lipinski definition) is 3. The van der Waals surface area contributed by atoms with Crippen LogP contribution >= 0.6 is 0 Å². The van der Waals surface area contributed by atoms with Crippen LogP contribution in [0.4, 0.5) is 0 Å². The smallest absolute Gasteiger partial charge is 0.320 e. The third kappa shape index (κ3) is 16.4. The predicted octanol–water partition coefficient (Wildman–Crippen LogP) is -2.59. The van der Waals surface area contributed by atoms with Crippen molar-refractivity contribution in [2.24, 2.45) is 0 Å². The van der Waals surface area contributed by atoms with Crippen LogP contribution in [0.3, 0.4) is 0 Å². The molecule has 3 N–H and O–H groups in total. The van der Waals surface area contributed by atoms with Crippen molar-refractivity contribution in [3.05, 3.63) is 0 Å². The Kier molecular flexibility index (Phi) is 31.3. The molecule has 84 valence electrons. The first kappa shape index (κ1) is 32.4. The van der Waals surface area contributed by atoms with Crippen LogP contribution in [0.1, 0.15) is 6.92 Å². The first-order valence-corrected chi connectivity index (χ1v) is 3.75. The van der Waals surface area contributed by atoms with Gasteiger partial charge in [-0.1, -0.05) is 0 Å². The number of carboxylic acid groups (broad SMARTS) is 3. The van der Waals surface area contributed by atoms with Gasteiger partial charge in [0.15, 0.2) is 0 Å². The molecule has 0 aromatic carbocycles. The van der Waals surface area contributed by atoms with E-state index in [1.807, 2.05) is 0 Å². The normalized spacial score (nSPS) is 9.67. The molecule has 0 bridgehead atoms. The van der Waals surface area contributed by atoms with E-state index in [2.05, 4.69) is 0 Å². The van der Waals surface area contributed by atoms with Gasteiger partial charge in [0, 0.05) is 118 Å². The molecule has 0 rings (SSSR count). The van der Waals surface area contributed by atoms with Gasteiger partial charge in [-0.15, -0.1) is 0 Å². The average molecular weight is 297 g/mol. The van der Waals surface area contributed by atoms with Gasteiger partial charge in [0.1, 0.15) is 6.04 Å². The second-order valence-electron chi connectivity index (χ2n) is 2.71. The summed E-state index contributed by atoms with van der Waals surface area (Å²) in [4.78, 5) is 31.9. The summed E-state index contributed by atoms with van der Waals surface area (Å²) in [6.07, 6.45) is 0. The topological polar surface area (TPSA) is 115 Å². The molecule has 18 heavy (non-hydrogen) atoms. The largest absolute Gasteiger partial charge is 0.480 e. The van der Waals surface area contributed by atoms with E-state index in [1.165, 1.54) is 6.92 Å². The molecular weight excluding hydrogens is 286 g/mol. The number of rotatable bonds is 6. The summed E-state index contributed by atoms with van der Waals surface area (Å²) in [5, 5.41) is 25.4. The molecule has 0 saturated carbocycles. The zero-order valence-corrected chi connectivity index (χ0v) is 19.5. The first-order valence-electron chi connectivity index (χ1n) is 3.75. The molecule has 4 radical (unpaired) electrons. The van der Waals surface area contributed by atoms with Crippen molar-refractivity contribution >= 4 is 136 Å². The summed E-state index contributed by atoms with van der Waals surface area (Å²) >= 11 is 0. The minimum Gasteiger partial charge on any atom is -0.480 e. The molecule has 0 unspecified atom stereocenters. The second kappa shape index (κ2) is 17.4. The van der Waals surface area contributed by atoms with Crippen molar-refractivity contribution in [3.8, 4) is 0 Å². The second-order valence-corrected chi connectivity index (χ2v) is 2.71. The molecule has 0 aromatic rings. The van der Waals surface area contributed by atoms with Crippen LogP contribution in [0.15, 0.2) is 0 Å². The van der Waals surface area contributed by atoms with Crippen LogP contribution in [0.2, 0.25) is 0 Å². The Balaban J connectivity index is -0.000000141. The summed E-state index contributed by atoms with van der Waals surface area (Å²) in [5.74, 6) is -3.79. The van der Waals surface area contributed by atoms with Gasteiger partial charge >= 0.3 is 17.9 Å². The Morgan fingerprint density at radius 2 is 1.17 bits per heavy atom. The first-order chi connectivity index (χ1) is 6.34. The van der Waals surface area contributed by atoms with Crippen molar-refractivity contribution < 1.29 is 29.7 Å². The van der Waals surface area contributed by atoms with E-state index in [4.69, 9.17) is 15.3 Å². The molecule has 0 aliphatic heterocycles. The third-order valence-corrected chi connectivity index (χ3v) is 1.58. The van der Waals surface area contributed by atoms with Gasteiger partial charge in [-0.2, -0.15) is 0 Å². The van der Waals surface area contributed by atoms with Crippen LogP contribution in [-0.4, -0.2) is 175 Å². The SMILES string of the molecule is C[C@@H](C(=O)O)N(CC(=O)O)CC(=O)O.[Na].[Na].[Na].[Na]. The van der Waals surface area contributed by atoms with Crippen LogP contribution in [-0.2, 0) is 14.4 Å². The van der Waals surface area contributed by atoms with Gasteiger partial charge in [0.2, 0.25) is 0 Å². The maximum Gasteiger partial charge on any atom is 0.320 e. The Morgan fingerprint density at radius 3 is 1.33 bits per heavy atom. The van der Waals surface area contributed by atoms with Gasteiger partial charge in [-0.25, -0.2) is 0 Å². The van der Waals surface area contributed by atoms with E-state index >= 15 is 0 Å². The van der Waals surface area contributed by atoms with Crippen molar-refractivity contribution in [2.75, 3.05) is 13.1 Å². The molecule has 0 amide bonds. The summed E-state index contributed by atoms with van der Waals surface area (Å²) in [6.45, 7) is 0.00769. The van der Waals surface area contributed by atoms with Gasteiger partial charge < -0.3 is 15.3 Å². The molecule has 1 atom stereocenters. The van der Waals surface area contributed by atoms with Crippen LogP contribution in [0, 0.1) is 0 Å². The van der Waals surface area contributed by atoms with Crippen molar-refractivity contribution in [1.82, 2.24) is 4.90 Å². The molecule has 0 heterocycles. The van der Waals surface area contributed by atoms with Crippen LogP contribution in [0.5, 0.6) is 0 Å². The van der Waals surface area contributed by atoms with E-state index < -0.39 is 37.0 Å². The maximum absolute atomic E-state index is 10.5. The summed E-state index contributed by atoms with van der Waals surface area (Å²) in [5.41, 5.74) is 0. The third-order valence-electron chi connectivity index (χ3n) is 1.58. The van der Waals surface area contributed by atoms with Crippen molar-refractivity contribution in [1.29, 1.82) is 0 Å². The number of carbonyl (C=O) groups is 3. The molecule has 0 spiro atoms. The molecule has 0 saturated heterocycles. The molecule has 0 fully saturated rings. The Labute approximate surface area is 193 Å². The van der Waals surface area contributed by atoms with Gasteiger partial charge in [0.05, 0.1) is 13.1 Å². The summed E-state index contributed by atoms with van der Waals surface area (Å²) in [7, 11) is 0. The van der Waals surface area contributed by atoms with E-state index in [0.29, 0.717) is 0 Å². The zero-order valence-electron chi connectivity index (χ0n) is 11.5. The summed E-state index contributed by atoms with van der Waals surface area (Å²) in [6, 6.07) is -1.14. The maximum atomic E-state index is 10.5. The molecule has 11 heteroatoms. The number of aliphatic carboxylic acids is 3. The number of carboxylic acids is 3. The monoisotopic (exact) mass is 297 g/mol. The predicted molar refractivity (Wildman–Crippen MR) is 67.0 cm³/mol. The number of nitrogens with zero attached hydrogens (tertiary/aromatic N) is 1. The quantitative estimate of drug-likeness (QED) is 0.461. The zero-order chi connectivity index (χ0) is 11.3. The number of hydrogen-bond acceptors (Lipinski definition) is 4. The van der Waals surface area contributed by atoms with Gasteiger partial charge in [0.25, 0.3) is 0 Å². The van der Waals surface area contributed by atoms with E-state index in [-0.39, 0.29) is 118 Å². The fourth-order valence-electron chi connectivity index (χ4n) is 0.833. The Bertz CT molecular complexity index is 248. The van der Waals surface area contributed by atoms with Crippen LogP contribution in [0.25, 0.3) is 0 Å². The minimum atomic E-state index is -1.26. The minimum absolute atomic E-state index is 0. The van der Waals surface area contributed by atoms with E-state index in [9.17, 15) is 14.4 Å². The van der Waals surface area contributed by atoms with Gasteiger partial charge in [-0.05, 0) is 6.92 Å². The fourth-order valence-corrected chi connectivity index (χ4v) is 0.833. The fraction of sp³-hybridized carbons (Fsp3) is 0.571. The standard InChI is InChI=1S/C7H11NO6.4Na/c1-4(7(13)14)8(2-5(9)10)3-6(11)12;;;;/h4H,2-3H2,1H3,(H,9,10)(H,11,12)(H,13,14);;;;/t4-;;;;/m0..../s1. The van der Waals surface area contributed by atoms with Crippen molar-refractivity contribution in [2.45, 2.75) is 13.0 Å². The van der Waals surface area contributed by atoms with E-state index in [0.717, 1.165) is 4.90 Å². The molecule has 7 nitrogen and oxygen atoms in total.